The average molecular weight is 268 g/mol. The van der Waals surface area contributed by atoms with Gasteiger partial charge < -0.3 is 9.80 Å². The molecule has 0 saturated heterocycles. The van der Waals surface area contributed by atoms with E-state index in [0.29, 0.717) is 0 Å². The van der Waals surface area contributed by atoms with Crippen LogP contribution in [0.4, 0.5) is 17.5 Å². The van der Waals surface area contributed by atoms with Crippen LogP contribution in [0.5, 0.6) is 0 Å². The minimum absolute atomic E-state index is 0.805. The predicted octanol–water partition coefficient (Wildman–Crippen LogP) is 3.02. The molecule has 2 heterocycles. The smallest absolute Gasteiger partial charge is 0.231 e. The minimum Gasteiger partial charge on any atom is -0.357 e. The summed E-state index contributed by atoms with van der Waals surface area (Å²) >= 11 is 0. The van der Waals surface area contributed by atoms with Crippen LogP contribution in [0.2, 0.25) is 0 Å². The molecule has 0 N–H and O–H groups in total. The van der Waals surface area contributed by atoms with Gasteiger partial charge in [-0.1, -0.05) is 18.2 Å². The molecule has 0 saturated carbocycles. The molecule has 4 nitrogen and oxygen atoms in total. The van der Waals surface area contributed by atoms with E-state index in [2.05, 4.69) is 52.9 Å². The van der Waals surface area contributed by atoms with Crippen LogP contribution in [0.15, 0.2) is 36.5 Å². The molecule has 1 aliphatic heterocycles. The summed E-state index contributed by atoms with van der Waals surface area (Å²) < 4.78 is 0. The van der Waals surface area contributed by atoms with Gasteiger partial charge in [0.05, 0.1) is 0 Å². The Balaban J connectivity index is 1.94. The van der Waals surface area contributed by atoms with Crippen LogP contribution in [0, 0.1) is 0 Å². The first-order valence-corrected chi connectivity index (χ1v) is 7.27. The summed E-state index contributed by atoms with van der Waals surface area (Å²) in [5.41, 5.74) is 2.62. The lowest BCUT2D eigenvalue weighted by molar-refractivity contribution is 0.834. The Morgan fingerprint density at radius 2 is 1.95 bits per heavy atom. The van der Waals surface area contributed by atoms with E-state index in [1.54, 1.807) is 0 Å². The normalized spacial score (nSPS) is 13.4. The van der Waals surface area contributed by atoms with Gasteiger partial charge in [-0.3, -0.25) is 0 Å². The van der Waals surface area contributed by atoms with Crippen molar-refractivity contribution >= 4 is 17.5 Å². The van der Waals surface area contributed by atoms with Crippen LogP contribution in [-0.2, 0) is 6.42 Å². The fraction of sp³-hybridized carbons (Fsp3) is 0.375. The van der Waals surface area contributed by atoms with Crippen molar-refractivity contribution in [2.24, 2.45) is 0 Å². The van der Waals surface area contributed by atoms with E-state index in [4.69, 9.17) is 4.98 Å². The minimum atomic E-state index is 0.805. The van der Waals surface area contributed by atoms with E-state index in [1.165, 1.54) is 11.3 Å². The summed E-state index contributed by atoms with van der Waals surface area (Å²) in [6, 6.07) is 10.5. The highest BCUT2D eigenvalue weighted by Crippen LogP contribution is 2.32. The van der Waals surface area contributed by atoms with Gasteiger partial charge >= 0.3 is 0 Å². The summed E-state index contributed by atoms with van der Waals surface area (Å²) in [7, 11) is 0. The standard InChI is InChI=1S/C16H20N4/c1-3-19(4-2)15-9-11-17-16(18-15)20-12-10-13-7-5-6-8-14(13)20/h5-9,11H,3-4,10,12H2,1-2H3. The van der Waals surface area contributed by atoms with Gasteiger partial charge in [0.2, 0.25) is 5.95 Å². The van der Waals surface area contributed by atoms with Crippen molar-refractivity contribution < 1.29 is 0 Å². The zero-order chi connectivity index (χ0) is 13.9. The lowest BCUT2D eigenvalue weighted by atomic mass is 10.2. The average Bonchev–Trinajstić information content (AvgIpc) is 2.93. The maximum absolute atomic E-state index is 4.74. The second-order valence-electron chi connectivity index (χ2n) is 4.92. The SMILES string of the molecule is CCN(CC)c1ccnc(N2CCc3ccccc32)n1. The first kappa shape index (κ1) is 12.9. The van der Waals surface area contributed by atoms with Gasteiger partial charge in [0.15, 0.2) is 0 Å². The van der Waals surface area contributed by atoms with Crippen LogP contribution in [-0.4, -0.2) is 29.6 Å². The van der Waals surface area contributed by atoms with E-state index in [0.717, 1.165) is 37.8 Å². The van der Waals surface area contributed by atoms with Gasteiger partial charge in [-0.25, -0.2) is 4.98 Å². The Labute approximate surface area is 120 Å². The molecular weight excluding hydrogens is 248 g/mol. The highest BCUT2D eigenvalue weighted by molar-refractivity contribution is 5.66. The molecule has 0 bridgehead atoms. The molecule has 3 rings (SSSR count). The monoisotopic (exact) mass is 268 g/mol. The third-order valence-electron chi connectivity index (χ3n) is 3.84. The van der Waals surface area contributed by atoms with Crippen LogP contribution < -0.4 is 9.80 Å². The summed E-state index contributed by atoms with van der Waals surface area (Å²) in [5, 5.41) is 0. The zero-order valence-electron chi connectivity index (χ0n) is 12.1. The second kappa shape index (κ2) is 5.49. The van der Waals surface area contributed by atoms with Crippen LogP contribution >= 0.6 is 0 Å². The number of aromatic nitrogens is 2. The van der Waals surface area contributed by atoms with Gasteiger partial charge in [-0.2, -0.15) is 4.98 Å². The molecule has 0 spiro atoms. The first-order chi connectivity index (χ1) is 9.83. The maximum Gasteiger partial charge on any atom is 0.231 e. The van der Waals surface area contributed by atoms with Crippen molar-refractivity contribution in [2.75, 3.05) is 29.4 Å². The Hall–Kier alpha value is -2.10. The molecule has 0 atom stereocenters. The lowest BCUT2D eigenvalue weighted by Crippen LogP contribution is -2.24. The fourth-order valence-corrected chi connectivity index (χ4v) is 2.74. The molecule has 1 aromatic carbocycles. The van der Waals surface area contributed by atoms with E-state index in [1.807, 2.05) is 12.3 Å². The van der Waals surface area contributed by atoms with Crippen LogP contribution in [0.25, 0.3) is 0 Å². The number of benzene rings is 1. The summed E-state index contributed by atoms with van der Waals surface area (Å²) in [6.07, 6.45) is 2.92. The third-order valence-corrected chi connectivity index (χ3v) is 3.84. The lowest BCUT2D eigenvalue weighted by Gasteiger charge is -2.22. The maximum atomic E-state index is 4.74. The van der Waals surface area contributed by atoms with Crippen molar-refractivity contribution in [3.05, 3.63) is 42.1 Å². The van der Waals surface area contributed by atoms with Gasteiger partial charge in [0, 0.05) is 31.5 Å². The number of fused-ring (bicyclic) bond motifs is 1. The summed E-state index contributed by atoms with van der Waals surface area (Å²) in [6.45, 7) is 7.18. The molecule has 0 radical (unpaired) electrons. The summed E-state index contributed by atoms with van der Waals surface area (Å²) in [4.78, 5) is 13.6. The number of hydrogen-bond donors (Lipinski definition) is 0. The molecular formula is C16H20N4. The third kappa shape index (κ3) is 2.22. The molecule has 0 aliphatic carbocycles. The van der Waals surface area contributed by atoms with E-state index < -0.39 is 0 Å². The molecule has 0 fully saturated rings. The topological polar surface area (TPSA) is 32.3 Å². The van der Waals surface area contributed by atoms with Gasteiger partial charge in [0.25, 0.3) is 0 Å². The molecule has 2 aromatic rings. The van der Waals surface area contributed by atoms with E-state index in [9.17, 15) is 0 Å². The predicted molar refractivity (Wildman–Crippen MR) is 82.7 cm³/mol. The molecule has 1 aliphatic rings. The van der Waals surface area contributed by atoms with Crippen molar-refractivity contribution in [1.29, 1.82) is 0 Å². The molecule has 104 valence electrons. The number of rotatable bonds is 4. The van der Waals surface area contributed by atoms with Crippen molar-refractivity contribution in [3.63, 3.8) is 0 Å². The summed E-state index contributed by atoms with van der Waals surface area (Å²) in [5.74, 6) is 1.81. The Morgan fingerprint density at radius 1 is 1.15 bits per heavy atom. The molecule has 0 unspecified atom stereocenters. The molecule has 20 heavy (non-hydrogen) atoms. The van der Waals surface area contributed by atoms with Gasteiger partial charge in [0.1, 0.15) is 5.82 Å². The second-order valence-corrected chi connectivity index (χ2v) is 4.92. The number of nitrogens with zero attached hydrogens (tertiary/aromatic N) is 4. The van der Waals surface area contributed by atoms with Crippen molar-refractivity contribution in [2.45, 2.75) is 20.3 Å². The van der Waals surface area contributed by atoms with Gasteiger partial charge in [-0.05, 0) is 38.0 Å². The molecule has 4 heteroatoms. The fourth-order valence-electron chi connectivity index (χ4n) is 2.74. The van der Waals surface area contributed by atoms with Crippen LogP contribution in [0.1, 0.15) is 19.4 Å². The molecule has 0 amide bonds. The number of hydrogen-bond acceptors (Lipinski definition) is 4. The van der Waals surface area contributed by atoms with Crippen molar-refractivity contribution in [3.8, 4) is 0 Å². The highest BCUT2D eigenvalue weighted by Gasteiger charge is 2.22. The number of para-hydroxylation sites is 1. The Morgan fingerprint density at radius 3 is 2.75 bits per heavy atom. The van der Waals surface area contributed by atoms with Crippen molar-refractivity contribution in [1.82, 2.24) is 9.97 Å². The quantitative estimate of drug-likeness (QED) is 0.853. The highest BCUT2D eigenvalue weighted by atomic mass is 15.3. The Kier molecular flexibility index (Phi) is 3.54. The first-order valence-electron chi connectivity index (χ1n) is 7.27. The Bertz CT molecular complexity index is 593. The number of anilines is 3. The molecule has 1 aromatic heterocycles. The van der Waals surface area contributed by atoms with Gasteiger partial charge in [-0.15, -0.1) is 0 Å². The largest absolute Gasteiger partial charge is 0.357 e. The van der Waals surface area contributed by atoms with Crippen LogP contribution in [0.3, 0.4) is 0 Å². The zero-order valence-corrected chi connectivity index (χ0v) is 12.1. The van der Waals surface area contributed by atoms with E-state index >= 15 is 0 Å². The van der Waals surface area contributed by atoms with E-state index in [-0.39, 0.29) is 0 Å².